The summed E-state index contributed by atoms with van der Waals surface area (Å²) in [5, 5.41) is 9.22. The summed E-state index contributed by atoms with van der Waals surface area (Å²) in [6.07, 6.45) is 0.811. The van der Waals surface area contributed by atoms with Crippen LogP contribution in [0.4, 0.5) is 4.79 Å². The maximum absolute atomic E-state index is 11.7. The van der Waals surface area contributed by atoms with E-state index in [1.807, 2.05) is 20.8 Å². The first-order chi connectivity index (χ1) is 6.86. The van der Waals surface area contributed by atoms with Crippen LogP contribution in [-0.2, 0) is 4.74 Å². The first-order valence-corrected chi connectivity index (χ1v) is 5.45. The highest BCUT2D eigenvalue weighted by Gasteiger charge is 2.60. The number of hydrogen-bond acceptors (Lipinski definition) is 3. The molecule has 1 amide bonds. The smallest absolute Gasteiger partial charge is 0.410 e. The zero-order chi connectivity index (χ0) is 11.3. The van der Waals surface area contributed by atoms with Crippen LogP contribution in [-0.4, -0.2) is 41.4 Å². The number of likely N-dealkylation sites (tertiary alicyclic amines) is 1. The molecule has 1 unspecified atom stereocenters. The van der Waals surface area contributed by atoms with Gasteiger partial charge in [0.25, 0.3) is 0 Å². The molecule has 15 heavy (non-hydrogen) atoms. The van der Waals surface area contributed by atoms with Gasteiger partial charge in [0.2, 0.25) is 0 Å². The zero-order valence-corrected chi connectivity index (χ0v) is 9.62. The second kappa shape index (κ2) is 3.11. The lowest BCUT2D eigenvalue weighted by atomic mass is 10.1. The minimum Gasteiger partial charge on any atom is -0.444 e. The number of aliphatic hydroxyl groups is 1. The van der Waals surface area contributed by atoms with Gasteiger partial charge >= 0.3 is 6.09 Å². The van der Waals surface area contributed by atoms with Crippen LogP contribution >= 0.6 is 0 Å². The van der Waals surface area contributed by atoms with E-state index >= 15 is 0 Å². The zero-order valence-electron chi connectivity index (χ0n) is 9.62. The van der Waals surface area contributed by atoms with Crippen molar-refractivity contribution >= 4 is 6.09 Å². The van der Waals surface area contributed by atoms with Crippen molar-refractivity contribution in [2.24, 2.45) is 11.3 Å². The maximum Gasteiger partial charge on any atom is 0.410 e. The minimum atomic E-state index is -0.434. The van der Waals surface area contributed by atoms with E-state index in [1.54, 1.807) is 4.90 Å². The SMILES string of the molecule is CC(C)(C)OC(=O)N1CC2C[C@]2(CO)C1. The summed E-state index contributed by atoms with van der Waals surface area (Å²) in [6, 6.07) is 0. The number of rotatable bonds is 1. The number of carbonyl (C=O) groups excluding carboxylic acids is 1. The van der Waals surface area contributed by atoms with Gasteiger partial charge in [-0.2, -0.15) is 0 Å². The fourth-order valence-corrected chi connectivity index (χ4v) is 2.30. The van der Waals surface area contributed by atoms with Gasteiger partial charge in [0.05, 0.1) is 6.61 Å². The third-order valence-corrected chi connectivity index (χ3v) is 3.27. The Labute approximate surface area is 90.2 Å². The number of piperidine rings is 1. The number of carbonyl (C=O) groups is 1. The molecule has 0 aromatic rings. The molecular formula is C11H19NO3. The van der Waals surface area contributed by atoms with Crippen LogP contribution in [0.5, 0.6) is 0 Å². The van der Waals surface area contributed by atoms with Crippen LogP contribution in [0.1, 0.15) is 27.2 Å². The molecule has 86 valence electrons. The Morgan fingerprint density at radius 2 is 2.27 bits per heavy atom. The van der Waals surface area contributed by atoms with Gasteiger partial charge in [-0.15, -0.1) is 0 Å². The Bertz CT molecular complexity index is 280. The van der Waals surface area contributed by atoms with Crippen molar-refractivity contribution in [3.8, 4) is 0 Å². The van der Waals surface area contributed by atoms with Gasteiger partial charge in [-0.25, -0.2) is 4.79 Å². The highest BCUT2D eigenvalue weighted by molar-refractivity contribution is 5.69. The summed E-state index contributed by atoms with van der Waals surface area (Å²) in [5.41, 5.74) is -0.423. The van der Waals surface area contributed by atoms with Crippen molar-refractivity contribution in [1.82, 2.24) is 4.90 Å². The molecule has 1 aliphatic heterocycles. The molecule has 1 heterocycles. The van der Waals surface area contributed by atoms with Gasteiger partial charge < -0.3 is 14.7 Å². The van der Waals surface area contributed by atoms with Gasteiger partial charge in [-0.1, -0.05) is 0 Å². The molecule has 0 aromatic carbocycles. The van der Waals surface area contributed by atoms with Crippen LogP contribution in [0.15, 0.2) is 0 Å². The monoisotopic (exact) mass is 213 g/mol. The molecule has 1 saturated carbocycles. The largest absolute Gasteiger partial charge is 0.444 e. The van der Waals surface area contributed by atoms with Gasteiger partial charge in [-0.05, 0) is 33.1 Å². The number of amides is 1. The molecule has 4 nitrogen and oxygen atoms in total. The summed E-state index contributed by atoms with van der Waals surface area (Å²) in [4.78, 5) is 13.4. The summed E-state index contributed by atoms with van der Waals surface area (Å²) < 4.78 is 5.29. The Morgan fingerprint density at radius 3 is 2.73 bits per heavy atom. The number of aliphatic hydroxyl groups excluding tert-OH is 1. The molecular weight excluding hydrogens is 194 g/mol. The first-order valence-electron chi connectivity index (χ1n) is 5.45. The molecule has 1 saturated heterocycles. The summed E-state index contributed by atoms with van der Waals surface area (Å²) >= 11 is 0. The summed E-state index contributed by atoms with van der Waals surface area (Å²) in [7, 11) is 0. The van der Waals surface area contributed by atoms with Crippen molar-refractivity contribution in [3.05, 3.63) is 0 Å². The lowest BCUT2D eigenvalue weighted by Gasteiger charge is -2.26. The third-order valence-electron chi connectivity index (χ3n) is 3.27. The number of nitrogens with zero attached hydrogens (tertiary/aromatic N) is 1. The molecule has 2 atom stereocenters. The van der Waals surface area contributed by atoms with Crippen molar-refractivity contribution in [2.75, 3.05) is 19.7 Å². The molecule has 2 rings (SSSR count). The number of fused-ring (bicyclic) bond motifs is 1. The van der Waals surface area contributed by atoms with Crippen molar-refractivity contribution in [3.63, 3.8) is 0 Å². The highest BCUT2D eigenvalue weighted by atomic mass is 16.6. The molecule has 0 spiro atoms. The number of hydrogen-bond donors (Lipinski definition) is 1. The molecule has 1 aliphatic carbocycles. The lowest BCUT2D eigenvalue weighted by Crippen LogP contribution is -2.37. The van der Waals surface area contributed by atoms with Crippen LogP contribution in [0.25, 0.3) is 0 Å². The summed E-state index contributed by atoms with van der Waals surface area (Å²) in [6.45, 7) is 7.19. The van der Waals surface area contributed by atoms with Crippen LogP contribution in [0, 0.1) is 11.3 Å². The second-order valence-electron chi connectivity index (χ2n) is 5.78. The van der Waals surface area contributed by atoms with Gasteiger partial charge in [0, 0.05) is 18.5 Å². The maximum atomic E-state index is 11.7. The van der Waals surface area contributed by atoms with Gasteiger partial charge in [0.15, 0.2) is 0 Å². The predicted octanol–water partition coefficient (Wildman–Crippen LogP) is 1.24. The molecule has 2 aliphatic rings. The van der Waals surface area contributed by atoms with E-state index in [2.05, 4.69) is 0 Å². The average Bonchev–Trinajstić information content (AvgIpc) is 2.66. The molecule has 1 N–H and O–H groups in total. The molecule has 4 heteroatoms. The molecule has 0 radical (unpaired) electrons. The Hall–Kier alpha value is -0.770. The highest BCUT2D eigenvalue weighted by Crippen LogP contribution is 2.57. The Kier molecular flexibility index (Phi) is 2.23. The predicted molar refractivity (Wildman–Crippen MR) is 55.4 cm³/mol. The minimum absolute atomic E-state index is 0.0108. The fourth-order valence-electron chi connectivity index (χ4n) is 2.30. The lowest BCUT2D eigenvalue weighted by molar-refractivity contribution is 0.0252. The summed E-state index contributed by atoms with van der Waals surface area (Å²) in [5.74, 6) is 0.495. The fraction of sp³-hybridized carbons (Fsp3) is 0.909. The van der Waals surface area contributed by atoms with E-state index in [4.69, 9.17) is 4.74 Å². The Morgan fingerprint density at radius 1 is 1.60 bits per heavy atom. The standard InChI is InChI=1S/C11H19NO3/c1-10(2,3)15-9(14)12-5-8-4-11(8,6-12)7-13/h8,13H,4-7H2,1-3H3/t8?,11-/m1/s1. The molecule has 0 aromatic heterocycles. The normalized spacial score (nSPS) is 33.9. The quantitative estimate of drug-likeness (QED) is 0.713. The van der Waals surface area contributed by atoms with E-state index < -0.39 is 5.60 Å². The first kappa shape index (κ1) is 10.7. The van der Waals surface area contributed by atoms with E-state index in [1.165, 1.54) is 0 Å². The van der Waals surface area contributed by atoms with Crippen LogP contribution in [0.2, 0.25) is 0 Å². The van der Waals surface area contributed by atoms with Crippen molar-refractivity contribution in [2.45, 2.75) is 32.8 Å². The number of ether oxygens (including phenoxy) is 1. The van der Waals surface area contributed by atoms with Crippen LogP contribution in [0.3, 0.4) is 0 Å². The second-order valence-corrected chi connectivity index (χ2v) is 5.78. The topological polar surface area (TPSA) is 49.8 Å². The third kappa shape index (κ3) is 1.95. The van der Waals surface area contributed by atoms with Crippen molar-refractivity contribution < 1.29 is 14.6 Å². The molecule has 0 bridgehead atoms. The van der Waals surface area contributed by atoms with Crippen LogP contribution < -0.4 is 0 Å². The van der Waals surface area contributed by atoms with Gasteiger partial charge in [-0.3, -0.25) is 0 Å². The van der Waals surface area contributed by atoms with E-state index in [0.717, 1.165) is 13.0 Å². The van der Waals surface area contributed by atoms with Crippen molar-refractivity contribution in [1.29, 1.82) is 0 Å². The average molecular weight is 213 g/mol. The van der Waals surface area contributed by atoms with Gasteiger partial charge in [0.1, 0.15) is 5.60 Å². The van der Waals surface area contributed by atoms with E-state index in [0.29, 0.717) is 12.5 Å². The molecule has 2 fully saturated rings. The Balaban J connectivity index is 1.90. The van der Waals surface area contributed by atoms with E-state index in [-0.39, 0.29) is 18.1 Å². The van der Waals surface area contributed by atoms with E-state index in [9.17, 15) is 9.90 Å².